The molecule has 0 bridgehead atoms. The summed E-state index contributed by atoms with van der Waals surface area (Å²) in [7, 11) is 0. The fourth-order valence-electron chi connectivity index (χ4n) is 4.36. The standard InChI is InChI=1S/C17H28N2S/c1-4-18-17(11-6-5-8-13(17)12(2)3)16-19-14-9-7-10-15(14)20-16/h12-13,18H,4-11H2,1-3H3. The predicted octanol–water partition coefficient (Wildman–Crippen LogP) is 4.28. The largest absolute Gasteiger partial charge is 0.305 e. The first-order valence-corrected chi connectivity index (χ1v) is 9.23. The summed E-state index contributed by atoms with van der Waals surface area (Å²) in [5.41, 5.74) is 1.58. The van der Waals surface area contributed by atoms with Crippen molar-refractivity contribution in [1.29, 1.82) is 0 Å². The highest BCUT2D eigenvalue weighted by Gasteiger charge is 2.45. The molecule has 3 rings (SSSR count). The zero-order chi connectivity index (χ0) is 14.2. The molecule has 1 N–H and O–H groups in total. The van der Waals surface area contributed by atoms with E-state index in [1.165, 1.54) is 55.6 Å². The van der Waals surface area contributed by atoms with E-state index in [0.29, 0.717) is 0 Å². The zero-order valence-electron chi connectivity index (χ0n) is 13.2. The maximum absolute atomic E-state index is 5.09. The van der Waals surface area contributed by atoms with Crippen molar-refractivity contribution in [2.75, 3.05) is 6.54 Å². The van der Waals surface area contributed by atoms with Gasteiger partial charge in [0.05, 0.1) is 11.2 Å². The summed E-state index contributed by atoms with van der Waals surface area (Å²) in [6.07, 6.45) is 9.16. The van der Waals surface area contributed by atoms with Gasteiger partial charge in [-0.3, -0.25) is 0 Å². The molecule has 112 valence electrons. The van der Waals surface area contributed by atoms with Gasteiger partial charge in [0.2, 0.25) is 0 Å². The number of hydrogen-bond acceptors (Lipinski definition) is 3. The molecule has 20 heavy (non-hydrogen) atoms. The van der Waals surface area contributed by atoms with Crippen LogP contribution in [0.5, 0.6) is 0 Å². The molecule has 3 heteroatoms. The molecule has 2 atom stereocenters. The van der Waals surface area contributed by atoms with Crippen LogP contribution in [0, 0.1) is 11.8 Å². The zero-order valence-corrected chi connectivity index (χ0v) is 14.0. The molecule has 1 aromatic rings. The number of aryl methyl sites for hydroxylation is 2. The Morgan fingerprint density at radius 2 is 2.15 bits per heavy atom. The van der Waals surface area contributed by atoms with Crippen LogP contribution in [0.2, 0.25) is 0 Å². The Labute approximate surface area is 127 Å². The predicted molar refractivity (Wildman–Crippen MR) is 86.3 cm³/mol. The molecular formula is C17H28N2S. The first-order chi connectivity index (χ1) is 9.67. The Morgan fingerprint density at radius 1 is 1.30 bits per heavy atom. The summed E-state index contributed by atoms with van der Waals surface area (Å²) in [6, 6.07) is 0. The first-order valence-electron chi connectivity index (χ1n) is 8.41. The lowest BCUT2D eigenvalue weighted by Crippen LogP contribution is -2.52. The van der Waals surface area contributed by atoms with Gasteiger partial charge in [0.25, 0.3) is 0 Å². The van der Waals surface area contributed by atoms with Gasteiger partial charge in [-0.25, -0.2) is 4.98 Å². The number of thiazole rings is 1. The second-order valence-corrected chi connectivity index (χ2v) is 7.92. The quantitative estimate of drug-likeness (QED) is 0.896. The second-order valence-electron chi connectivity index (χ2n) is 6.84. The average Bonchev–Trinajstić information content (AvgIpc) is 3.00. The Kier molecular flexibility index (Phi) is 4.19. The van der Waals surface area contributed by atoms with Gasteiger partial charge in [-0.05, 0) is 50.5 Å². The number of hydrogen-bond donors (Lipinski definition) is 1. The maximum Gasteiger partial charge on any atom is 0.114 e. The molecule has 2 aliphatic carbocycles. The van der Waals surface area contributed by atoms with Gasteiger partial charge in [0, 0.05) is 4.88 Å². The van der Waals surface area contributed by atoms with Gasteiger partial charge in [0.1, 0.15) is 5.01 Å². The molecule has 0 aromatic carbocycles. The third-order valence-corrected chi connectivity index (χ3v) is 6.58. The van der Waals surface area contributed by atoms with Crippen molar-refractivity contribution in [3.8, 4) is 0 Å². The highest BCUT2D eigenvalue weighted by Crippen LogP contribution is 2.47. The summed E-state index contributed by atoms with van der Waals surface area (Å²) >= 11 is 2.01. The Balaban J connectivity index is 2.00. The number of rotatable bonds is 4. The van der Waals surface area contributed by atoms with Crippen LogP contribution in [0.25, 0.3) is 0 Å². The molecule has 1 heterocycles. The summed E-state index contributed by atoms with van der Waals surface area (Å²) in [5.74, 6) is 1.47. The molecule has 1 saturated carbocycles. The van der Waals surface area contributed by atoms with E-state index < -0.39 is 0 Å². The summed E-state index contributed by atoms with van der Waals surface area (Å²) in [6.45, 7) is 8.08. The fourth-order valence-corrected chi connectivity index (χ4v) is 5.77. The highest BCUT2D eigenvalue weighted by atomic mass is 32.1. The lowest BCUT2D eigenvalue weighted by Gasteiger charge is -2.45. The van der Waals surface area contributed by atoms with E-state index >= 15 is 0 Å². The second kappa shape index (κ2) is 5.76. The van der Waals surface area contributed by atoms with Gasteiger partial charge in [0.15, 0.2) is 0 Å². The molecule has 0 amide bonds. The third kappa shape index (κ3) is 2.33. The van der Waals surface area contributed by atoms with E-state index in [1.54, 1.807) is 4.88 Å². The first kappa shape index (κ1) is 14.5. The van der Waals surface area contributed by atoms with Gasteiger partial charge in [-0.2, -0.15) is 0 Å². The van der Waals surface area contributed by atoms with Crippen molar-refractivity contribution in [3.63, 3.8) is 0 Å². The molecule has 0 aliphatic heterocycles. The van der Waals surface area contributed by atoms with Crippen LogP contribution < -0.4 is 5.32 Å². The SMILES string of the molecule is CCNC1(c2nc3c(s2)CCC3)CCCCC1C(C)C. The number of aromatic nitrogens is 1. The Bertz CT molecular complexity index is 440. The molecule has 2 nitrogen and oxygen atoms in total. The monoisotopic (exact) mass is 292 g/mol. The fraction of sp³-hybridized carbons (Fsp3) is 0.824. The van der Waals surface area contributed by atoms with E-state index in [9.17, 15) is 0 Å². The number of fused-ring (bicyclic) bond motifs is 1. The molecule has 2 aliphatic rings. The van der Waals surface area contributed by atoms with Crippen molar-refractivity contribution in [3.05, 3.63) is 15.6 Å². The summed E-state index contributed by atoms with van der Waals surface area (Å²) < 4.78 is 0. The highest BCUT2D eigenvalue weighted by molar-refractivity contribution is 7.12. The van der Waals surface area contributed by atoms with Crippen molar-refractivity contribution < 1.29 is 0 Å². The smallest absolute Gasteiger partial charge is 0.114 e. The minimum Gasteiger partial charge on any atom is -0.305 e. The summed E-state index contributed by atoms with van der Waals surface area (Å²) in [5, 5.41) is 5.29. The van der Waals surface area contributed by atoms with Gasteiger partial charge >= 0.3 is 0 Å². The molecule has 0 saturated heterocycles. The van der Waals surface area contributed by atoms with Crippen molar-refractivity contribution >= 4 is 11.3 Å². The van der Waals surface area contributed by atoms with Crippen LogP contribution in [-0.2, 0) is 18.4 Å². The van der Waals surface area contributed by atoms with Gasteiger partial charge in [-0.1, -0.05) is 33.6 Å². The minimum absolute atomic E-state index is 0.163. The normalized spacial score (nSPS) is 29.9. The lowest BCUT2D eigenvalue weighted by molar-refractivity contribution is 0.102. The van der Waals surface area contributed by atoms with Crippen LogP contribution in [0.3, 0.4) is 0 Å². The number of nitrogens with zero attached hydrogens (tertiary/aromatic N) is 1. The van der Waals surface area contributed by atoms with Gasteiger partial charge < -0.3 is 5.32 Å². The lowest BCUT2D eigenvalue weighted by atomic mass is 9.68. The van der Waals surface area contributed by atoms with E-state index in [1.807, 2.05) is 11.3 Å². The van der Waals surface area contributed by atoms with Crippen LogP contribution in [0.4, 0.5) is 0 Å². The minimum atomic E-state index is 0.163. The molecular weight excluding hydrogens is 264 g/mol. The maximum atomic E-state index is 5.09. The van der Waals surface area contributed by atoms with Gasteiger partial charge in [-0.15, -0.1) is 11.3 Å². The van der Waals surface area contributed by atoms with E-state index in [4.69, 9.17) is 4.98 Å². The van der Waals surface area contributed by atoms with E-state index in [2.05, 4.69) is 26.1 Å². The van der Waals surface area contributed by atoms with Crippen LogP contribution in [0.1, 0.15) is 68.5 Å². The molecule has 0 radical (unpaired) electrons. The molecule has 1 aromatic heterocycles. The molecule has 1 fully saturated rings. The molecule has 2 unspecified atom stereocenters. The van der Waals surface area contributed by atoms with Crippen molar-refractivity contribution in [1.82, 2.24) is 10.3 Å². The molecule has 0 spiro atoms. The third-order valence-electron chi connectivity index (χ3n) is 5.24. The van der Waals surface area contributed by atoms with E-state index in [-0.39, 0.29) is 5.54 Å². The van der Waals surface area contributed by atoms with Crippen LogP contribution >= 0.6 is 11.3 Å². The van der Waals surface area contributed by atoms with Crippen LogP contribution in [0.15, 0.2) is 0 Å². The Hall–Kier alpha value is -0.410. The van der Waals surface area contributed by atoms with E-state index in [0.717, 1.165) is 18.4 Å². The average molecular weight is 292 g/mol. The number of nitrogens with one attached hydrogen (secondary N) is 1. The van der Waals surface area contributed by atoms with Crippen molar-refractivity contribution in [2.24, 2.45) is 11.8 Å². The topological polar surface area (TPSA) is 24.9 Å². The van der Waals surface area contributed by atoms with Crippen molar-refractivity contribution in [2.45, 2.75) is 71.3 Å². The Morgan fingerprint density at radius 3 is 2.85 bits per heavy atom. The van der Waals surface area contributed by atoms with Crippen LogP contribution in [-0.4, -0.2) is 11.5 Å². The summed E-state index contributed by atoms with van der Waals surface area (Å²) in [4.78, 5) is 6.67.